The van der Waals surface area contributed by atoms with Crippen LogP contribution >= 0.6 is 0 Å². The molecule has 0 radical (unpaired) electrons. The predicted octanol–water partition coefficient (Wildman–Crippen LogP) is 1.18. The highest BCUT2D eigenvalue weighted by molar-refractivity contribution is 5.74. The Labute approximate surface area is 92.3 Å². The topological polar surface area (TPSA) is 78.3 Å². The van der Waals surface area contributed by atoms with E-state index >= 15 is 0 Å². The standard InChI is InChI=1S/C6H13N.C5H11NO2/c7-6-4-2-1-3-5-6;1-2-3-8-4-5(6)7/h6H,1-5,7H2;2-4H2,1H3,(H2,6,7). The summed E-state index contributed by atoms with van der Waals surface area (Å²) in [6, 6.07) is 0.536. The van der Waals surface area contributed by atoms with E-state index in [1.165, 1.54) is 32.1 Å². The van der Waals surface area contributed by atoms with Crippen LogP contribution in [0.25, 0.3) is 0 Å². The molecule has 0 spiro atoms. The molecule has 0 aliphatic heterocycles. The fraction of sp³-hybridized carbons (Fsp3) is 0.909. The molecule has 0 aromatic rings. The van der Waals surface area contributed by atoms with Crippen LogP contribution in [0.3, 0.4) is 0 Å². The second-order valence-corrected chi connectivity index (χ2v) is 3.92. The molecule has 0 saturated heterocycles. The number of nitrogens with two attached hydrogens (primary N) is 2. The number of carbonyl (C=O) groups is 1. The van der Waals surface area contributed by atoms with Gasteiger partial charge in [0, 0.05) is 12.6 Å². The van der Waals surface area contributed by atoms with Gasteiger partial charge >= 0.3 is 0 Å². The highest BCUT2D eigenvalue weighted by Gasteiger charge is 2.06. The van der Waals surface area contributed by atoms with Gasteiger partial charge in [-0.25, -0.2) is 0 Å². The molecule has 1 rings (SSSR count). The fourth-order valence-electron chi connectivity index (χ4n) is 1.45. The molecule has 0 unspecified atom stereocenters. The third-order valence-corrected chi connectivity index (χ3v) is 2.24. The van der Waals surface area contributed by atoms with Gasteiger partial charge in [-0.1, -0.05) is 26.2 Å². The number of ether oxygens (including phenoxy) is 1. The zero-order valence-electron chi connectivity index (χ0n) is 9.71. The first-order valence-corrected chi connectivity index (χ1v) is 5.78. The predicted molar refractivity (Wildman–Crippen MR) is 61.4 cm³/mol. The van der Waals surface area contributed by atoms with Gasteiger partial charge < -0.3 is 16.2 Å². The zero-order chi connectivity index (χ0) is 11.5. The van der Waals surface area contributed by atoms with Crippen LogP contribution in [-0.4, -0.2) is 25.2 Å². The van der Waals surface area contributed by atoms with E-state index in [2.05, 4.69) is 0 Å². The summed E-state index contributed by atoms with van der Waals surface area (Å²) in [6.45, 7) is 2.64. The normalized spacial score (nSPS) is 16.7. The van der Waals surface area contributed by atoms with Crippen LogP contribution in [0.4, 0.5) is 0 Å². The Hall–Kier alpha value is -0.610. The summed E-state index contributed by atoms with van der Waals surface area (Å²) in [5, 5.41) is 0. The van der Waals surface area contributed by atoms with E-state index < -0.39 is 5.91 Å². The first-order chi connectivity index (χ1) is 7.16. The molecule has 1 amide bonds. The highest BCUT2D eigenvalue weighted by atomic mass is 16.5. The Morgan fingerprint density at radius 3 is 2.27 bits per heavy atom. The minimum Gasteiger partial charge on any atom is -0.372 e. The van der Waals surface area contributed by atoms with E-state index in [4.69, 9.17) is 16.2 Å². The molecule has 0 atom stereocenters. The van der Waals surface area contributed by atoms with Crippen LogP contribution < -0.4 is 11.5 Å². The first kappa shape index (κ1) is 14.4. The molecule has 4 N–H and O–H groups in total. The number of primary amides is 1. The van der Waals surface area contributed by atoms with E-state index in [0.29, 0.717) is 12.6 Å². The van der Waals surface area contributed by atoms with E-state index in [1.54, 1.807) is 0 Å². The maximum Gasteiger partial charge on any atom is 0.243 e. The summed E-state index contributed by atoms with van der Waals surface area (Å²) >= 11 is 0. The Kier molecular flexibility index (Phi) is 9.52. The van der Waals surface area contributed by atoms with Gasteiger partial charge in [0.05, 0.1) is 0 Å². The second kappa shape index (κ2) is 9.93. The number of amides is 1. The van der Waals surface area contributed by atoms with Gasteiger partial charge in [-0.2, -0.15) is 0 Å². The van der Waals surface area contributed by atoms with Crippen molar-refractivity contribution >= 4 is 5.91 Å². The van der Waals surface area contributed by atoms with Crippen LogP contribution in [0.15, 0.2) is 0 Å². The summed E-state index contributed by atoms with van der Waals surface area (Å²) in [5.74, 6) is -0.404. The molecule has 0 heterocycles. The van der Waals surface area contributed by atoms with E-state index in [9.17, 15) is 4.79 Å². The van der Waals surface area contributed by atoms with Crippen LogP contribution in [0.2, 0.25) is 0 Å². The molecule has 4 heteroatoms. The quantitative estimate of drug-likeness (QED) is 0.692. The Bertz CT molecular complexity index is 157. The molecule has 0 bridgehead atoms. The van der Waals surface area contributed by atoms with Gasteiger partial charge in [-0.15, -0.1) is 0 Å². The highest BCUT2D eigenvalue weighted by Crippen LogP contribution is 2.14. The Morgan fingerprint density at radius 2 is 1.93 bits per heavy atom. The Morgan fingerprint density at radius 1 is 1.33 bits per heavy atom. The molecule has 1 aliphatic rings. The molecular weight excluding hydrogens is 192 g/mol. The molecular formula is C11H24N2O2. The van der Waals surface area contributed by atoms with Gasteiger partial charge in [0.25, 0.3) is 0 Å². The van der Waals surface area contributed by atoms with Crippen molar-refractivity contribution in [2.45, 2.75) is 51.5 Å². The average Bonchev–Trinajstić information content (AvgIpc) is 2.20. The first-order valence-electron chi connectivity index (χ1n) is 5.78. The molecule has 4 nitrogen and oxygen atoms in total. The monoisotopic (exact) mass is 216 g/mol. The lowest BCUT2D eigenvalue weighted by Gasteiger charge is -2.15. The van der Waals surface area contributed by atoms with Gasteiger partial charge in [0.2, 0.25) is 5.91 Å². The van der Waals surface area contributed by atoms with Crippen LogP contribution in [0, 0.1) is 0 Å². The molecule has 15 heavy (non-hydrogen) atoms. The summed E-state index contributed by atoms with van der Waals surface area (Å²) < 4.78 is 4.77. The summed E-state index contributed by atoms with van der Waals surface area (Å²) in [4.78, 5) is 9.97. The number of hydrogen-bond donors (Lipinski definition) is 2. The SMILES string of the molecule is CCCOCC(N)=O.NC1CCCCC1. The smallest absolute Gasteiger partial charge is 0.243 e. The third-order valence-electron chi connectivity index (χ3n) is 2.24. The van der Waals surface area contributed by atoms with Crippen molar-refractivity contribution in [1.29, 1.82) is 0 Å². The summed E-state index contributed by atoms with van der Waals surface area (Å²) in [7, 11) is 0. The lowest BCUT2D eigenvalue weighted by Crippen LogP contribution is -2.22. The number of rotatable bonds is 4. The van der Waals surface area contributed by atoms with Gasteiger partial charge in [0.1, 0.15) is 6.61 Å². The third kappa shape index (κ3) is 11.3. The molecule has 90 valence electrons. The van der Waals surface area contributed by atoms with Crippen molar-refractivity contribution < 1.29 is 9.53 Å². The summed E-state index contributed by atoms with van der Waals surface area (Å²) in [5.41, 5.74) is 10.4. The lowest BCUT2D eigenvalue weighted by molar-refractivity contribution is -0.122. The van der Waals surface area contributed by atoms with Crippen LogP contribution in [0.5, 0.6) is 0 Å². The van der Waals surface area contributed by atoms with Crippen molar-refractivity contribution in [2.24, 2.45) is 11.5 Å². The van der Waals surface area contributed by atoms with Crippen molar-refractivity contribution in [2.75, 3.05) is 13.2 Å². The van der Waals surface area contributed by atoms with Gasteiger partial charge in [-0.3, -0.25) is 4.79 Å². The average molecular weight is 216 g/mol. The molecule has 1 aliphatic carbocycles. The minimum atomic E-state index is -0.404. The molecule has 1 saturated carbocycles. The fourth-order valence-corrected chi connectivity index (χ4v) is 1.45. The maximum atomic E-state index is 9.97. The van der Waals surface area contributed by atoms with Gasteiger partial charge in [0.15, 0.2) is 0 Å². The zero-order valence-corrected chi connectivity index (χ0v) is 9.71. The van der Waals surface area contributed by atoms with Crippen molar-refractivity contribution in [3.05, 3.63) is 0 Å². The molecule has 1 fully saturated rings. The molecule has 0 aromatic carbocycles. The van der Waals surface area contributed by atoms with Crippen molar-refractivity contribution in [3.63, 3.8) is 0 Å². The van der Waals surface area contributed by atoms with E-state index in [-0.39, 0.29) is 6.61 Å². The van der Waals surface area contributed by atoms with Crippen molar-refractivity contribution in [3.8, 4) is 0 Å². The van der Waals surface area contributed by atoms with E-state index in [0.717, 1.165) is 6.42 Å². The molecule has 0 aromatic heterocycles. The maximum absolute atomic E-state index is 9.97. The van der Waals surface area contributed by atoms with Gasteiger partial charge in [-0.05, 0) is 19.3 Å². The lowest BCUT2D eigenvalue weighted by atomic mass is 9.97. The number of carbonyl (C=O) groups excluding carboxylic acids is 1. The van der Waals surface area contributed by atoms with E-state index in [1.807, 2.05) is 6.92 Å². The van der Waals surface area contributed by atoms with Crippen LogP contribution in [0.1, 0.15) is 45.4 Å². The van der Waals surface area contributed by atoms with Crippen LogP contribution in [-0.2, 0) is 9.53 Å². The van der Waals surface area contributed by atoms with Crippen molar-refractivity contribution in [1.82, 2.24) is 0 Å². The Balaban J connectivity index is 0.000000262. The summed E-state index contributed by atoms with van der Waals surface area (Å²) in [6.07, 6.45) is 7.59. The largest absolute Gasteiger partial charge is 0.372 e. The second-order valence-electron chi connectivity index (χ2n) is 3.92. The minimum absolute atomic E-state index is 0.0494. The number of hydrogen-bond acceptors (Lipinski definition) is 3.